The number of likely N-dealkylation sites (tertiary alicyclic amines) is 1. The summed E-state index contributed by atoms with van der Waals surface area (Å²) in [5, 5.41) is 4.94. The molecule has 1 N–H and O–H groups in total. The molecule has 1 aromatic rings. The molecule has 1 aromatic heterocycles. The van der Waals surface area contributed by atoms with E-state index in [2.05, 4.69) is 17.1 Å². The molecule has 3 nitrogen and oxygen atoms in total. The molecule has 0 radical (unpaired) electrons. The molecule has 2 heterocycles. The molecule has 112 valence electrons. The number of nitrogens with one attached hydrogen (secondary N) is 1. The molecule has 0 atom stereocenters. The SMILES string of the molecule is CCCCNCc1sc(CN2CCCC2)nc1C1CC1. The van der Waals surface area contributed by atoms with Crippen LogP contribution >= 0.6 is 11.3 Å². The molecule has 4 heteroatoms. The third-order valence-corrected chi connectivity index (χ3v) is 5.34. The van der Waals surface area contributed by atoms with E-state index in [1.807, 2.05) is 11.3 Å². The zero-order chi connectivity index (χ0) is 13.8. The predicted octanol–water partition coefficient (Wildman–Crippen LogP) is 3.51. The van der Waals surface area contributed by atoms with Gasteiger partial charge in [-0.3, -0.25) is 4.90 Å². The van der Waals surface area contributed by atoms with Crippen molar-refractivity contribution in [3.8, 4) is 0 Å². The second-order valence-electron chi connectivity index (χ2n) is 6.20. The first-order valence-corrected chi connectivity index (χ1v) is 9.10. The lowest BCUT2D eigenvalue weighted by Gasteiger charge is -2.11. The minimum Gasteiger partial charge on any atom is -0.312 e. The highest BCUT2D eigenvalue weighted by atomic mass is 32.1. The molecule has 1 aliphatic carbocycles. The van der Waals surface area contributed by atoms with Gasteiger partial charge in [0.25, 0.3) is 0 Å². The van der Waals surface area contributed by atoms with Crippen LogP contribution in [0.1, 0.15) is 66.9 Å². The quantitative estimate of drug-likeness (QED) is 0.744. The van der Waals surface area contributed by atoms with Crippen molar-refractivity contribution in [1.82, 2.24) is 15.2 Å². The first-order chi connectivity index (χ1) is 9.86. The van der Waals surface area contributed by atoms with E-state index in [9.17, 15) is 0 Å². The lowest BCUT2D eigenvalue weighted by atomic mass is 10.2. The van der Waals surface area contributed by atoms with Crippen LogP contribution in [-0.2, 0) is 13.1 Å². The monoisotopic (exact) mass is 293 g/mol. The van der Waals surface area contributed by atoms with Crippen molar-refractivity contribution in [3.05, 3.63) is 15.6 Å². The van der Waals surface area contributed by atoms with Crippen molar-refractivity contribution in [2.24, 2.45) is 0 Å². The van der Waals surface area contributed by atoms with Crippen molar-refractivity contribution >= 4 is 11.3 Å². The van der Waals surface area contributed by atoms with Gasteiger partial charge in [0.1, 0.15) is 5.01 Å². The standard InChI is InChI=1S/C16H27N3S/c1-2-3-8-17-11-14-16(13-6-7-13)18-15(20-14)12-19-9-4-5-10-19/h13,17H,2-12H2,1H3. The molecule has 1 aliphatic heterocycles. The molecule has 2 aliphatic rings. The summed E-state index contributed by atoms with van der Waals surface area (Å²) in [7, 11) is 0. The Bertz CT molecular complexity index is 419. The number of thiazole rings is 1. The summed E-state index contributed by atoms with van der Waals surface area (Å²) >= 11 is 1.96. The summed E-state index contributed by atoms with van der Waals surface area (Å²) in [5.41, 5.74) is 1.42. The Labute approximate surface area is 126 Å². The number of nitrogens with zero attached hydrogens (tertiary/aromatic N) is 2. The average molecular weight is 293 g/mol. The molecular weight excluding hydrogens is 266 g/mol. The van der Waals surface area contributed by atoms with E-state index in [4.69, 9.17) is 4.98 Å². The van der Waals surface area contributed by atoms with Crippen LogP contribution in [0.15, 0.2) is 0 Å². The van der Waals surface area contributed by atoms with Crippen LogP contribution in [-0.4, -0.2) is 29.5 Å². The van der Waals surface area contributed by atoms with Crippen molar-refractivity contribution in [3.63, 3.8) is 0 Å². The lowest BCUT2D eigenvalue weighted by Crippen LogP contribution is -2.18. The van der Waals surface area contributed by atoms with E-state index in [-0.39, 0.29) is 0 Å². The van der Waals surface area contributed by atoms with E-state index in [1.54, 1.807) is 0 Å². The molecule has 2 fully saturated rings. The molecule has 1 saturated carbocycles. The third kappa shape index (κ3) is 3.80. The van der Waals surface area contributed by atoms with Crippen LogP contribution in [0.25, 0.3) is 0 Å². The maximum Gasteiger partial charge on any atom is 0.107 e. The molecule has 20 heavy (non-hydrogen) atoms. The summed E-state index contributed by atoms with van der Waals surface area (Å²) in [6, 6.07) is 0. The highest BCUT2D eigenvalue weighted by Gasteiger charge is 2.29. The number of unbranched alkanes of at least 4 members (excludes halogenated alkanes) is 1. The Kier molecular flexibility index (Phi) is 5.08. The molecule has 0 bridgehead atoms. The van der Waals surface area contributed by atoms with Crippen LogP contribution in [0.2, 0.25) is 0 Å². The Hall–Kier alpha value is -0.450. The smallest absolute Gasteiger partial charge is 0.107 e. The van der Waals surface area contributed by atoms with Crippen LogP contribution in [0.5, 0.6) is 0 Å². The van der Waals surface area contributed by atoms with Crippen LogP contribution in [0.3, 0.4) is 0 Å². The van der Waals surface area contributed by atoms with Gasteiger partial charge in [-0.1, -0.05) is 13.3 Å². The Morgan fingerprint density at radius 2 is 2.10 bits per heavy atom. The van der Waals surface area contributed by atoms with Gasteiger partial charge in [0.05, 0.1) is 12.2 Å². The maximum absolute atomic E-state index is 4.97. The Morgan fingerprint density at radius 3 is 2.80 bits per heavy atom. The average Bonchev–Trinajstić information content (AvgIpc) is 3.02. The fourth-order valence-electron chi connectivity index (χ4n) is 2.92. The fraction of sp³-hybridized carbons (Fsp3) is 0.812. The van der Waals surface area contributed by atoms with Crippen LogP contribution in [0.4, 0.5) is 0 Å². The highest BCUT2D eigenvalue weighted by molar-refractivity contribution is 7.11. The summed E-state index contributed by atoms with van der Waals surface area (Å²) in [6.07, 6.45) is 7.99. The Balaban J connectivity index is 1.59. The predicted molar refractivity (Wildman–Crippen MR) is 85.2 cm³/mol. The normalized spacial score (nSPS) is 19.9. The highest BCUT2D eigenvalue weighted by Crippen LogP contribution is 2.42. The van der Waals surface area contributed by atoms with Gasteiger partial charge < -0.3 is 5.32 Å². The van der Waals surface area contributed by atoms with E-state index >= 15 is 0 Å². The molecule has 0 spiro atoms. The minimum absolute atomic E-state index is 0.779. The van der Waals surface area contributed by atoms with Gasteiger partial charge in [-0.05, 0) is 51.7 Å². The molecule has 1 saturated heterocycles. The number of hydrogen-bond donors (Lipinski definition) is 1. The second kappa shape index (κ2) is 7.01. The van der Waals surface area contributed by atoms with Gasteiger partial charge >= 0.3 is 0 Å². The molecule has 3 rings (SSSR count). The second-order valence-corrected chi connectivity index (χ2v) is 7.37. The first-order valence-electron chi connectivity index (χ1n) is 8.28. The number of rotatable bonds is 8. The maximum atomic E-state index is 4.97. The van der Waals surface area contributed by atoms with Gasteiger partial charge in [-0.25, -0.2) is 4.98 Å². The zero-order valence-electron chi connectivity index (χ0n) is 12.7. The summed E-state index contributed by atoms with van der Waals surface area (Å²) in [6.45, 7) is 8.03. The molecular formula is C16H27N3S. The van der Waals surface area contributed by atoms with Gasteiger partial charge in [0.2, 0.25) is 0 Å². The van der Waals surface area contributed by atoms with E-state index in [0.717, 1.165) is 25.6 Å². The number of hydrogen-bond acceptors (Lipinski definition) is 4. The van der Waals surface area contributed by atoms with Gasteiger partial charge in [-0.2, -0.15) is 0 Å². The van der Waals surface area contributed by atoms with Gasteiger partial charge in [-0.15, -0.1) is 11.3 Å². The zero-order valence-corrected chi connectivity index (χ0v) is 13.5. The van der Waals surface area contributed by atoms with Crippen molar-refractivity contribution < 1.29 is 0 Å². The summed E-state index contributed by atoms with van der Waals surface area (Å²) in [4.78, 5) is 9.04. The first kappa shape index (κ1) is 14.5. The van der Waals surface area contributed by atoms with Gasteiger partial charge in [0, 0.05) is 17.3 Å². The van der Waals surface area contributed by atoms with Crippen molar-refractivity contribution in [1.29, 1.82) is 0 Å². The Morgan fingerprint density at radius 1 is 1.30 bits per heavy atom. The topological polar surface area (TPSA) is 28.2 Å². The third-order valence-electron chi connectivity index (χ3n) is 4.29. The summed E-state index contributed by atoms with van der Waals surface area (Å²) in [5.74, 6) is 0.779. The van der Waals surface area contributed by atoms with Crippen LogP contribution < -0.4 is 5.32 Å². The lowest BCUT2D eigenvalue weighted by molar-refractivity contribution is 0.330. The van der Waals surface area contributed by atoms with Crippen molar-refractivity contribution in [2.45, 2.75) is 64.5 Å². The van der Waals surface area contributed by atoms with E-state index < -0.39 is 0 Å². The fourth-order valence-corrected chi connectivity index (χ4v) is 4.09. The van der Waals surface area contributed by atoms with Gasteiger partial charge in [0.15, 0.2) is 0 Å². The summed E-state index contributed by atoms with van der Waals surface area (Å²) < 4.78 is 0. The number of aromatic nitrogens is 1. The van der Waals surface area contributed by atoms with Crippen molar-refractivity contribution in [2.75, 3.05) is 19.6 Å². The largest absolute Gasteiger partial charge is 0.312 e. The van der Waals surface area contributed by atoms with Crippen LogP contribution in [0, 0.1) is 0 Å². The minimum atomic E-state index is 0.779. The molecule has 0 aromatic carbocycles. The van der Waals surface area contributed by atoms with E-state index in [0.29, 0.717) is 0 Å². The molecule has 0 unspecified atom stereocenters. The molecule has 0 amide bonds. The van der Waals surface area contributed by atoms with E-state index in [1.165, 1.54) is 67.2 Å².